The van der Waals surface area contributed by atoms with Crippen molar-refractivity contribution in [2.45, 2.75) is 44.6 Å². The summed E-state index contributed by atoms with van der Waals surface area (Å²) in [5.74, 6) is 2.44. The van der Waals surface area contributed by atoms with Gasteiger partial charge in [0.05, 0.1) is 0 Å². The highest BCUT2D eigenvalue weighted by Crippen LogP contribution is 2.40. The van der Waals surface area contributed by atoms with Crippen LogP contribution in [0.1, 0.15) is 44.3 Å². The molecule has 0 atom stereocenters. The van der Waals surface area contributed by atoms with Crippen LogP contribution in [-0.2, 0) is 16.8 Å². The molecule has 1 aromatic rings. The minimum absolute atomic E-state index is 0.282. The molecule has 1 aliphatic carbocycles. The Bertz CT molecular complexity index is 355. The molecule has 0 amide bonds. The molecule has 0 saturated heterocycles. The summed E-state index contributed by atoms with van der Waals surface area (Å²) in [6.45, 7) is 2.88. The van der Waals surface area contributed by atoms with E-state index in [1.165, 1.54) is 12.8 Å². The lowest BCUT2D eigenvalue weighted by atomic mass is 9.79. The molecule has 1 aliphatic rings. The van der Waals surface area contributed by atoms with E-state index in [2.05, 4.69) is 22.1 Å². The third-order valence-corrected chi connectivity index (χ3v) is 3.79. The Morgan fingerprint density at radius 2 is 2.18 bits per heavy atom. The molecule has 1 aromatic heterocycles. The van der Waals surface area contributed by atoms with Crippen molar-refractivity contribution in [2.24, 2.45) is 11.7 Å². The Kier molecular flexibility index (Phi) is 3.79. The van der Waals surface area contributed by atoms with E-state index in [-0.39, 0.29) is 5.60 Å². The number of rotatable bonds is 4. The van der Waals surface area contributed by atoms with Crippen LogP contribution in [0, 0.1) is 5.92 Å². The molecule has 1 saturated carbocycles. The Labute approximate surface area is 102 Å². The maximum absolute atomic E-state index is 5.73. The Balaban J connectivity index is 2.16. The Morgan fingerprint density at radius 1 is 1.47 bits per heavy atom. The van der Waals surface area contributed by atoms with Gasteiger partial charge in [-0.1, -0.05) is 6.92 Å². The first-order chi connectivity index (χ1) is 8.20. The fraction of sp³-hybridized carbons (Fsp3) is 0.833. The zero-order chi connectivity index (χ0) is 12.3. The van der Waals surface area contributed by atoms with E-state index < -0.39 is 0 Å². The first-order valence-electron chi connectivity index (χ1n) is 6.37. The number of nitrogens with one attached hydrogen (secondary N) is 1. The van der Waals surface area contributed by atoms with E-state index in [0.717, 1.165) is 36.8 Å². The van der Waals surface area contributed by atoms with Crippen molar-refractivity contribution in [1.82, 2.24) is 15.2 Å². The summed E-state index contributed by atoms with van der Waals surface area (Å²) >= 11 is 0. The van der Waals surface area contributed by atoms with Crippen LogP contribution in [0.2, 0.25) is 0 Å². The number of hydrogen-bond acceptors (Lipinski definition) is 4. The average molecular weight is 238 g/mol. The molecule has 1 fully saturated rings. The van der Waals surface area contributed by atoms with Gasteiger partial charge in [0.1, 0.15) is 11.4 Å². The molecule has 0 unspecified atom stereocenters. The molecule has 0 bridgehead atoms. The van der Waals surface area contributed by atoms with Gasteiger partial charge in [0, 0.05) is 13.5 Å². The van der Waals surface area contributed by atoms with Crippen LogP contribution in [0.25, 0.3) is 0 Å². The number of ether oxygens (including phenoxy) is 1. The van der Waals surface area contributed by atoms with Gasteiger partial charge >= 0.3 is 0 Å². The van der Waals surface area contributed by atoms with Gasteiger partial charge in [-0.05, 0) is 38.1 Å². The lowest BCUT2D eigenvalue weighted by Gasteiger charge is -2.35. The zero-order valence-corrected chi connectivity index (χ0v) is 10.7. The molecule has 3 N–H and O–H groups in total. The maximum atomic E-state index is 5.73. The number of aromatic nitrogens is 3. The van der Waals surface area contributed by atoms with E-state index in [4.69, 9.17) is 10.5 Å². The average Bonchev–Trinajstić information content (AvgIpc) is 2.80. The number of aromatic amines is 1. The monoisotopic (exact) mass is 238 g/mol. The number of hydrogen-bond donors (Lipinski definition) is 2. The second-order valence-corrected chi connectivity index (χ2v) is 5.03. The molecule has 5 heteroatoms. The summed E-state index contributed by atoms with van der Waals surface area (Å²) in [7, 11) is 1.76. The van der Waals surface area contributed by atoms with E-state index in [9.17, 15) is 0 Å². The number of nitrogens with zero attached hydrogens (tertiary/aromatic N) is 2. The number of nitrogens with two attached hydrogens (primary N) is 1. The van der Waals surface area contributed by atoms with Gasteiger partial charge < -0.3 is 10.5 Å². The molecule has 0 spiro atoms. The molecule has 1 heterocycles. The molecular formula is C12H22N4O. The normalized spacial score (nSPS) is 29.5. The molecular weight excluding hydrogens is 216 g/mol. The van der Waals surface area contributed by atoms with E-state index in [0.29, 0.717) is 6.54 Å². The van der Waals surface area contributed by atoms with Crippen LogP contribution >= 0.6 is 0 Å². The van der Waals surface area contributed by atoms with Crippen LogP contribution in [0.5, 0.6) is 0 Å². The van der Waals surface area contributed by atoms with Crippen molar-refractivity contribution in [1.29, 1.82) is 0 Å². The van der Waals surface area contributed by atoms with Gasteiger partial charge in [-0.2, -0.15) is 5.10 Å². The molecule has 0 radical (unpaired) electrons. The zero-order valence-electron chi connectivity index (χ0n) is 10.7. The molecule has 5 nitrogen and oxygen atoms in total. The topological polar surface area (TPSA) is 76.8 Å². The highest BCUT2D eigenvalue weighted by Gasteiger charge is 2.39. The smallest absolute Gasteiger partial charge is 0.182 e. The summed E-state index contributed by atoms with van der Waals surface area (Å²) in [5.41, 5.74) is 5.23. The minimum Gasteiger partial charge on any atom is -0.370 e. The highest BCUT2D eigenvalue weighted by molar-refractivity contribution is 5.05. The fourth-order valence-electron chi connectivity index (χ4n) is 2.50. The van der Waals surface area contributed by atoms with E-state index in [1.807, 2.05) is 0 Å². The van der Waals surface area contributed by atoms with Crippen molar-refractivity contribution in [2.75, 3.05) is 13.7 Å². The highest BCUT2D eigenvalue weighted by atomic mass is 16.5. The van der Waals surface area contributed by atoms with Crippen molar-refractivity contribution in [3.05, 3.63) is 11.6 Å². The van der Waals surface area contributed by atoms with Gasteiger partial charge in [0.2, 0.25) is 0 Å². The molecule has 96 valence electrons. The molecule has 0 aromatic carbocycles. The summed E-state index contributed by atoms with van der Waals surface area (Å²) in [6.07, 6.45) is 5.10. The quantitative estimate of drug-likeness (QED) is 0.830. The van der Waals surface area contributed by atoms with Crippen LogP contribution in [-0.4, -0.2) is 28.8 Å². The Morgan fingerprint density at radius 3 is 2.76 bits per heavy atom. The molecule has 17 heavy (non-hydrogen) atoms. The summed E-state index contributed by atoms with van der Waals surface area (Å²) in [4.78, 5) is 4.52. The Hall–Kier alpha value is -0.940. The minimum atomic E-state index is -0.282. The van der Waals surface area contributed by atoms with Crippen molar-refractivity contribution in [3.63, 3.8) is 0 Å². The second kappa shape index (κ2) is 5.14. The standard InChI is InChI=1S/C12H22N4O/c1-9-3-6-12(17-2,7-4-9)11-14-10(5-8-13)15-16-11/h9H,3-8,13H2,1-2H3,(H,14,15,16). The third-order valence-electron chi connectivity index (χ3n) is 3.79. The van der Waals surface area contributed by atoms with Crippen LogP contribution in [0.4, 0.5) is 0 Å². The van der Waals surface area contributed by atoms with Gasteiger partial charge in [0.15, 0.2) is 5.82 Å². The van der Waals surface area contributed by atoms with Gasteiger partial charge in [0.25, 0.3) is 0 Å². The van der Waals surface area contributed by atoms with Crippen molar-refractivity contribution < 1.29 is 4.74 Å². The van der Waals surface area contributed by atoms with E-state index >= 15 is 0 Å². The third kappa shape index (κ3) is 2.50. The predicted molar refractivity (Wildman–Crippen MR) is 65.5 cm³/mol. The number of methoxy groups -OCH3 is 1. The van der Waals surface area contributed by atoms with Crippen molar-refractivity contribution >= 4 is 0 Å². The lowest BCUT2D eigenvalue weighted by Crippen LogP contribution is -2.34. The summed E-state index contributed by atoms with van der Waals surface area (Å²) < 4.78 is 5.73. The van der Waals surface area contributed by atoms with Gasteiger partial charge in [-0.3, -0.25) is 5.10 Å². The lowest BCUT2D eigenvalue weighted by molar-refractivity contribution is -0.0595. The first kappa shape index (κ1) is 12.5. The van der Waals surface area contributed by atoms with Gasteiger partial charge in [-0.25, -0.2) is 4.98 Å². The van der Waals surface area contributed by atoms with Crippen LogP contribution in [0.3, 0.4) is 0 Å². The van der Waals surface area contributed by atoms with Crippen LogP contribution in [0.15, 0.2) is 0 Å². The number of H-pyrrole nitrogens is 1. The van der Waals surface area contributed by atoms with Crippen molar-refractivity contribution in [3.8, 4) is 0 Å². The second-order valence-electron chi connectivity index (χ2n) is 5.03. The SMILES string of the molecule is COC1(c2n[nH]c(CCN)n2)CCC(C)CC1. The fourth-order valence-corrected chi connectivity index (χ4v) is 2.50. The largest absolute Gasteiger partial charge is 0.370 e. The molecule has 2 rings (SSSR count). The molecule has 0 aliphatic heterocycles. The van der Waals surface area contributed by atoms with E-state index in [1.54, 1.807) is 7.11 Å². The maximum Gasteiger partial charge on any atom is 0.182 e. The van der Waals surface area contributed by atoms with Gasteiger partial charge in [-0.15, -0.1) is 0 Å². The predicted octanol–water partition coefficient (Wildman–Crippen LogP) is 1.36. The van der Waals surface area contributed by atoms with Crippen LogP contribution < -0.4 is 5.73 Å². The summed E-state index contributed by atoms with van der Waals surface area (Å²) in [5, 5.41) is 7.26. The first-order valence-corrected chi connectivity index (χ1v) is 6.37. The summed E-state index contributed by atoms with van der Waals surface area (Å²) in [6, 6.07) is 0.